The Bertz CT molecular complexity index is 1690. The number of aliphatic hydroxyl groups excluding tert-OH is 1. The van der Waals surface area contributed by atoms with Crippen molar-refractivity contribution in [2.24, 2.45) is 35.5 Å². The Kier molecular flexibility index (Phi) is 11.6. The van der Waals surface area contributed by atoms with Gasteiger partial charge in [0.2, 0.25) is 0 Å². The van der Waals surface area contributed by atoms with Crippen LogP contribution in [-0.2, 0) is 42.7 Å². The molecule has 0 aliphatic carbocycles. The Morgan fingerprint density at radius 3 is 2.45 bits per heavy atom. The van der Waals surface area contributed by atoms with Gasteiger partial charge in [-0.05, 0) is 61.3 Å². The lowest BCUT2D eigenvalue weighted by atomic mass is 9.76. The molecular formula is C47H71NO12. The number of carbonyl (C=O) groups is 1. The predicted molar refractivity (Wildman–Crippen MR) is 219 cm³/mol. The summed E-state index contributed by atoms with van der Waals surface area (Å²) in [6.45, 7) is 18.5. The Balaban J connectivity index is 0.845. The first-order valence-corrected chi connectivity index (χ1v) is 23.2. The van der Waals surface area contributed by atoms with Crippen molar-refractivity contribution in [3.63, 3.8) is 0 Å². The minimum atomic E-state index is -1.88. The number of rotatable bonds is 9. The second-order valence-corrected chi connectivity index (χ2v) is 20.9. The van der Waals surface area contributed by atoms with Crippen molar-refractivity contribution in [1.82, 2.24) is 5.32 Å². The summed E-state index contributed by atoms with van der Waals surface area (Å²) in [5.41, 5.74) is 0.391. The maximum Gasteiger partial charge on any atom is 0.303 e. The van der Waals surface area contributed by atoms with Crippen molar-refractivity contribution in [3.05, 3.63) is 36.5 Å². The van der Waals surface area contributed by atoms with Crippen LogP contribution in [0.15, 0.2) is 36.5 Å². The van der Waals surface area contributed by atoms with Crippen LogP contribution in [0.1, 0.15) is 125 Å². The van der Waals surface area contributed by atoms with Crippen molar-refractivity contribution in [3.8, 4) is 0 Å². The van der Waals surface area contributed by atoms with Crippen molar-refractivity contribution >= 4 is 5.97 Å². The van der Waals surface area contributed by atoms with Gasteiger partial charge in [0, 0.05) is 69.7 Å². The van der Waals surface area contributed by atoms with E-state index in [1.165, 1.54) is 0 Å². The fraction of sp³-hybridized carbons (Fsp3) is 0.851. The maximum absolute atomic E-state index is 12.4. The molecule has 0 unspecified atom stereocenters. The molecule has 9 heterocycles. The zero-order valence-corrected chi connectivity index (χ0v) is 36.6. The number of aliphatic hydroxyl groups is 2. The van der Waals surface area contributed by atoms with E-state index in [-0.39, 0.29) is 60.8 Å². The molecule has 0 aromatic rings. The Hall–Kier alpha value is -1.75. The van der Waals surface area contributed by atoms with Crippen LogP contribution < -0.4 is 5.32 Å². The maximum atomic E-state index is 12.4. The number of hydrogen-bond donors (Lipinski definition) is 4. The zero-order valence-electron chi connectivity index (χ0n) is 36.6. The van der Waals surface area contributed by atoms with E-state index in [1.807, 2.05) is 25.2 Å². The average Bonchev–Trinajstić information content (AvgIpc) is 3.87. The van der Waals surface area contributed by atoms with Gasteiger partial charge in [0.25, 0.3) is 0 Å². The number of aliphatic carboxylic acids is 1. The van der Waals surface area contributed by atoms with Crippen LogP contribution in [-0.4, -0.2) is 112 Å². The Morgan fingerprint density at radius 2 is 1.67 bits per heavy atom. The molecule has 9 aliphatic heterocycles. The number of piperidine rings is 1. The third-order valence-corrected chi connectivity index (χ3v) is 15.9. The van der Waals surface area contributed by atoms with E-state index in [0.29, 0.717) is 69.1 Å². The fourth-order valence-corrected chi connectivity index (χ4v) is 12.9. The molecule has 13 nitrogen and oxygen atoms in total. The van der Waals surface area contributed by atoms with Crippen LogP contribution >= 0.6 is 0 Å². The molecule has 0 amide bonds. The SMILES string of the molecule is C=C(C[C@]12C[C@@H](C)C[C@H](O1)[C@H]1O[C@]3(C[C@H]1O2)NC[C@H](C)C[C@@H]3C)[C@H]1O[C@@](O)([C@H](O)[C@@H]2C[C@H]3O[C@]4(CC[C@]5(CC=C[C@@H](C=CCCC(=O)O)O5)O4)[C@H](C)C[C@H]3O2)[C@H](C)C[C@@H]1C. The van der Waals surface area contributed by atoms with E-state index in [9.17, 15) is 15.0 Å². The highest BCUT2D eigenvalue weighted by Crippen LogP contribution is 2.56. The number of allylic oxidation sites excluding steroid dienone is 1. The number of fused-ring (bicyclic) bond motifs is 5. The standard InChI is InChI=1S/C47H71NO12/c1-26-18-36-41-38(24-45(58-41)30(5)17-27(2)25-48-45)56-44(22-26,55-36)23-29(4)40-28(3)19-32(7)47(52,59-40)42(51)37-21-35-34(53-37)20-31(6)46(57-35)16-15-43(60-46)14-10-12-33(54-43)11-8-9-13-39(49)50/h8,10-12,26-28,30-38,40-42,48,51-52H,4,9,13-25H2,1-3,5-7H3,(H,49,50)/t26-,27+,28-,30-,31+,32+,33+,34+,35+,36-,37-,38+,40-,41+,42+,43-,44+,45-,46-,47+/m0/s1. The van der Waals surface area contributed by atoms with Crippen LogP contribution in [0.4, 0.5) is 0 Å². The van der Waals surface area contributed by atoms with Gasteiger partial charge < -0.3 is 53.2 Å². The van der Waals surface area contributed by atoms with Gasteiger partial charge >= 0.3 is 5.97 Å². The number of hydrogen-bond acceptors (Lipinski definition) is 12. The Morgan fingerprint density at radius 1 is 0.867 bits per heavy atom. The van der Waals surface area contributed by atoms with E-state index in [0.717, 1.165) is 37.8 Å². The molecule has 0 radical (unpaired) electrons. The number of nitrogens with one attached hydrogen (secondary N) is 1. The molecule has 2 bridgehead atoms. The van der Waals surface area contributed by atoms with Gasteiger partial charge in [0.15, 0.2) is 23.1 Å². The van der Waals surface area contributed by atoms with Gasteiger partial charge in [-0.1, -0.05) is 72.4 Å². The van der Waals surface area contributed by atoms with E-state index >= 15 is 0 Å². The normalized spacial score (nSPS) is 52.9. The highest BCUT2D eigenvalue weighted by Gasteiger charge is 2.64. The second-order valence-electron chi connectivity index (χ2n) is 20.9. The molecule has 9 aliphatic rings. The molecule has 0 saturated carbocycles. The molecule has 8 saturated heterocycles. The lowest BCUT2D eigenvalue weighted by Crippen LogP contribution is -2.62. The van der Waals surface area contributed by atoms with Crippen LogP contribution in [0.5, 0.6) is 0 Å². The van der Waals surface area contributed by atoms with Crippen LogP contribution in [0.3, 0.4) is 0 Å². The molecular weight excluding hydrogens is 771 g/mol. The molecule has 0 aromatic carbocycles. The average molecular weight is 842 g/mol. The van der Waals surface area contributed by atoms with E-state index in [4.69, 9.17) is 43.0 Å². The Labute approximate surface area is 355 Å². The summed E-state index contributed by atoms with van der Waals surface area (Å²) in [6, 6.07) is 0. The van der Waals surface area contributed by atoms with Gasteiger partial charge in [-0.25, -0.2) is 0 Å². The van der Waals surface area contributed by atoms with Crippen molar-refractivity contribution in [2.45, 2.75) is 209 Å². The van der Waals surface area contributed by atoms with Gasteiger partial charge in [-0.15, -0.1) is 0 Å². The molecule has 0 aromatic heterocycles. The summed E-state index contributed by atoms with van der Waals surface area (Å²) < 4.78 is 54.2. The van der Waals surface area contributed by atoms with E-state index < -0.39 is 53.2 Å². The number of carboxylic acid groups (broad SMARTS) is 1. The molecule has 4 N–H and O–H groups in total. The van der Waals surface area contributed by atoms with Crippen LogP contribution in [0.25, 0.3) is 0 Å². The summed E-state index contributed by atoms with van der Waals surface area (Å²) in [4.78, 5) is 11.0. The van der Waals surface area contributed by atoms with Crippen LogP contribution in [0.2, 0.25) is 0 Å². The lowest BCUT2D eigenvalue weighted by Gasteiger charge is -2.53. The highest BCUT2D eigenvalue weighted by molar-refractivity contribution is 5.66. The molecule has 336 valence electrons. The molecule has 20 atom stereocenters. The molecule has 60 heavy (non-hydrogen) atoms. The third kappa shape index (κ3) is 7.81. The predicted octanol–water partition coefficient (Wildman–Crippen LogP) is 6.26. The largest absolute Gasteiger partial charge is 0.481 e. The molecule has 3 spiro atoms. The minimum absolute atomic E-state index is 0.0112. The lowest BCUT2D eigenvalue weighted by molar-refractivity contribution is -0.367. The first kappa shape index (κ1) is 43.5. The van der Waals surface area contributed by atoms with Gasteiger partial charge in [0.1, 0.15) is 17.9 Å². The summed E-state index contributed by atoms with van der Waals surface area (Å²) in [6.07, 6.45) is 12.1. The quantitative estimate of drug-likeness (QED) is 0.193. The van der Waals surface area contributed by atoms with Crippen molar-refractivity contribution < 1.29 is 58.0 Å². The van der Waals surface area contributed by atoms with Crippen molar-refractivity contribution in [2.75, 3.05) is 6.54 Å². The number of carboxylic acids is 1. The summed E-state index contributed by atoms with van der Waals surface area (Å²) in [7, 11) is 0. The number of ether oxygens (including phenoxy) is 8. The molecule has 9 rings (SSSR count). The zero-order chi connectivity index (χ0) is 42.4. The highest BCUT2D eigenvalue weighted by atomic mass is 16.8. The van der Waals surface area contributed by atoms with Gasteiger partial charge in [-0.3, -0.25) is 10.1 Å². The first-order chi connectivity index (χ1) is 28.4. The van der Waals surface area contributed by atoms with Gasteiger partial charge in [-0.2, -0.15) is 0 Å². The summed E-state index contributed by atoms with van der Waals surface area (Å²) in [5, 5.41) is 37.3. The topological polar surface area (TPSA) is 164 Å². The van der Waals surface area contributed by atoms with E-state index in [1.54, 1.807) is 0 Å². The van der Waals surface area contributed by atoms with Gasteiger partial charge in [0.05, 0.1) is 42.7 Å². The first-order valence-electron chi connectivity index (χ1n) is 23.2. The van der Waals surface area contributed by atoms with E-state index in [2.05, 4.69) is 52.6 Å². The monoisotopic (exact) mass is 841 g/mol. The smallest absolute Gasteiger partial charge is 0.303 e. The second kappa shape index (κ2) is 16.0. The third-order valence-electron chi connectivity index (χ3n) is 15.9. The van der Waals surface area contributed by atoms with Crippen molar-refractivity contribution in [1.29, 1.82) is 0 Å². The summed E-state index contributed by atoms with van der Waals surface area (Å²) in [5.74, 6) is -4.29. The minimum Gasteiger partial charge on any atom is -0.481 e. The summed E-state index contributed by atoms with van der Waals surface area (Å²) >= 11 is 0. The fourth-order valence-electron chi connectivity index (χ4n) is 12.9. The molecule has 8 fully saturated rings. The molecule has 13 heteroatoms. The van der Waals surface area contributed by atoms with Crippen LogP contribution in [0, 0.1) is 35.5 Å².